The van der Waals surface area contributed by atoms with Gasteiger partial charge in [0.2, 0.25) is 0 Å². The van der Waals surface area contributed by atoms with Gasteiger partial charge in [0.15, 0.2) is 0 Å². The Morgan fingerprint density at radius 2 is 2.03 bits per heavy atom. The zero-order valence-electron chi connectivity index (χ0n) is 17.2. The molecule has 1 atom stereocenters. The van der Waals surface area contributed by atoms with Crippen molar-refractivity contribution >= 4 is 23.5 Å². The van der Waals surface area contributed by atoms with Crippen molar-refractivity contribution in [3.8, 4) is 17.0 Å². The predicted octanol–water partition coefficient (Wildman–Crippen LogP) is 5.21. The Balaban J connectivity index is 1.31. The number of aromatic nitrogens is 1. The number of amides is 1. The Morgan fingerprint density at radius 3 is 2.94 bits per heavy atom. The number of carbonyl (C=O) groups excluding carboxylic acids is 1. The van der Waals surface area contributed by atoms with Gasteiger partial charge in [0.05, 0.1) is 24.0 Å². The molecule has 1 fully saturated rings. The Hall–Kier alpha value is -2.83. The zero-order chi connectivity index (χ0) is 21.0. The first-order valence-corrected chi connectivity index (χ1v) is 11.6. The number of ether oxygens (including phenoxy) is 2. The lowest BCUT2D eigenvalue weighted by molar-refractivity contribution is 0.102. The van der Waals surface area contributed by atoms with Crippen LogP contribution < -0.4 is 10.1 Å². The minimum Gasteiger partial charge on any atom is -0.493 e. The van der Waals surface area contributed by atoms with Gasteiger partial charge in [-0.15, -0.1) is 11.8 Å². The molecule has 3 aromatic rings. The number of carbonyl (C=O) groups is 1. The number of benzene rings is 2. The van der Waals surface area contributed by atoms with E-state index in [1.165, 1.54) is 5.56 Å². The molecule has 2 aliphatic rings. The van der Waals surface area contributed by atoms with E-state index in [0.717, 1.165) is 60.1 Å². The molecule has 1 saturated heterocycles. The first-order chi connectivity index (χ1) is 15.3. The SMILES string of the molecule is O=C(Nc1cccc(-c2ccc3c(c2)CCO3)n1)c1ccccc1SCC1CCCO1. The third-order valence-electron chi connectivity index (χ3n) is 5.56. The molecule has 1 unspecified atom stereocenters. The van der Waals surface area contributed by atoms with Gasteiger partial charge in [0, 0.05) is 29.2 Å². The van der Waals surface area contributed by atoms with Crippen LogP contribution in [0.4, 0.5) is 5.82 Å². The molecule has 1 amide bonds. The fraction of sp³-hybridized carbons (Fsp3) is 0.280. The van der Waals surface area contributed by atoms with Crippen molar-refractivity contribution < 1.29 is 14.3 Å². The molecule has 0 aliphatic carbocycles. The van der Waals surface area contributed by atoms with Crippen LogP contribution in [0.25, 0.3) is 11.3 Å². The molecule has 5 rings (SSSR count). The van der Waals surface area contributed by atoms with E-state index in [1.54, 1.807) is 11.8 Å². The van der Waals surface area contributed by atoms with Crippen molar-refractivity contribution in [2.75, 3.05) is 24.3 Å². The maximum absolute atomic E-state index is 13.0. The number of rotatable bonds is 6. The van der Waals surface area contributed by atoms with E-state index in [4.69, 9.17) is 9.47 Å². The summed E-state index contributed by atoms with van der Waals surface area (Å²) in [5.41, 5.74) is 3.71. The van der Waals surface area contributed by atoms with Crippen molar-refractivity contribution in [2.24, 2.45) is 0 Å². The normalized spacial score (nSPS) is 17.2. The van der Waals surface area contributed by atoms with E-state index in [0.29, 0.717) is 11.4 Å². The van der Waals surface area contributed by atoms with Crippen LogP contribution in [-0.4, -0.2) is 36.0 Å². The molecule has 3 heterocycles. The fourth-order valence-corrected chi connectivity index (χ4v) is 5.05. The van der Waals surface area contributed by atoms with Crippen LogP contribution in [0, 0.1) is 0 Å². The minimum atomic E-state index is -0.151. The average Bonchev–Trinajstić information content (AvgIpc) is 3.49. The Kier molecular flexibility index (Phi) is 5.91. The second-order valence-corrected chi connectivity index (χ2v) is 8.79. The molecule has 158 valence electrons. The van der Waals surface area contributed by atoms with E-state index in [2.05, 4.69) is 16.4 Å². The predicted molar refractivity (Wildman–Crippen MR) is 123 cm³/mol. The summed E-state index contributed by atoms with van der Waals surface area (Å²) in [5.74, 6) is 2.20. The van der Waals surface area contributed by atoms with Crippen molar-refractivity contribution in [3.05, 3.63) is 71.8 Å². The first kappa shape index (κ1) is 20.1. The summed E-state index contributed by atoms with van der Waals surface area (Å²) in [6, 6.07) is 19.5. The quantitative estimate of drug-likeness (QED) is 0.542. The van der Waals surface area contributed by atoms with Crippen molar-refractivity contribution in [1.29, 1.82) is 0 Å². The van der Waals surface area contributed by atoms with E-state index in [9.17, 15) is 4.79 Å². The van der Waals surface area contributed by atoms with Gasteiger partial charge in [-0.25, -0.2) is 4.98 Å². The molecule has 0 radical (unpaired) electrons. The number of nitrogens with one attached hydrogen (secondary N) is 1. The zero-order valence-corrected chi connectivity index (χ0v) is 18.0. The molecule has 0 saturated carbocycles. The van der Waals surface area contributed by atoms with Crippen LogP contribution in [0.1, 0.15) is 28.8 Å². The van der Waals surface area contributed by atoms with Crippen LogP contribution in [0.15, 0.2) is 65.6 Å². The highest BCUT2D eigenvalue weighted by molar-refractivity contribution is 7.99. The van der Waals surface area contributed by atoms with E-state index >= 15 is 0 Å². The summed E-state index contributed by atoms with van der Waals surface area (Å²) in [4.78, 5) is 18.7. The Bertz CT molecular complexity index is 1100. The standard InChI is InChI=1S/C25H24N2O3S/c28-25(20-6-1-2-8-23(20)31-16-19-5-4-13-29-19)27-24-9-3-7-21(26-24)17-10-11-22-18(15-17)12-14-30-22/h1-3,6-11,15,19H,4-5,12-14,16H2,(H,26,27,28). The molecule has 0 bridgehead atoms. The molecule has 2 aliphatic heterocycles. The summed E-state index contributed by atoms with van der Waals surface area (Å²) in [7, 11) is 0. The molecule has 6 heteroatoms. The summed E-state index contributed by atoms with van der Waals surface area (Å²) >= 11 is 1.68. The number of pyridine rings is 1. The van der Waals surface area contributed by atoms with E-state index < -0.39 is 0 Å². The molecular weight excluding hydrogens is 408 g/mol. The lowest BCUT2D eigenvalue weighted by atomic mass is 10.1. The third-order valence-corrected chi connectivity index (χ3v) is 6.76. The largest absolute Gasteiger partial charge is 0.493 e. The summed E-state index contributed by atoms with van der Waals surface area (Å²) < 4.78 is 11.3. The van der Waals surface area contributed by atoms with Crippen LogP contribution in [-0.2, 0) is 11.2 Å². The smallest absolute Gasteiger partial charge is 0.257 e. The summed E-state index contributed by atoms with van der Waals surface area (Å²) in [6.45, 7) is 1.57. The van der Waals surface area contributed by atoms with Crippen molar-refractivity contribution in [3.63, 3.8) is 0 Å². The van der Waals surface area contributed by atoms with Crippen molar-refractivity contribution in [2.45, 2.75) is 30.3 Å². The number of hydrogen-bond donors (Lipinski definition) is 1. The van der Waals surface area contributed by atoms with Gasteiger partial charge >= 0.3 is 0 Å². The maximum atomic E-state index is 13.0. The monoisotopic (exact) mass is 432 g/mol. The number of hydrogen-bond acceptors (Lipinski definition) is 5. The number of fused-ring (bicyclic) bond motifs is 1. The molecule has 2 aromatic carbocycles. The topological polar surface area (TPSA) is 60.5 Å². The molecule has 5 nitrogen and oxygen atoms in total. The highest BCUT2D eigenvalue weighted by Gasteiger charge is 2.18. The second-order valence-electron chi connectivity index (χ2n) is 7.73. The van der Waals surface area contributed by atoms with E-state index in [1.807, 2.05) is 54.6 Å². The summed E-state index contributed by atoms with van der Waals surface area (Å²) in [6.07, 6.45) is 3.40. The van der Waals surface area contributed by atoms with Gasteiger partial charge in [-0.3, -0.25) is 4.79 Å². The average molecular weight is 433 g/mol. The lowest BCUT2D eigenvalue weighted by Gasteiger charge is -2.12. The van der Waals surface area contributed by atoms with Crippen LogP contribution in [0.2, 0.25) is 0 Å². The highest BCUT2D eigenvalue weighted by atomic mass is 32.2. The maximum Gasteiger partial charge on any atom is 0.257 e. The molecule has 1 aromatic heterocycles. The fourth-order valence-electron chi connectivity index (χ4n) is 3.93. The lowest BCUT2D eigenvalue weighted by Crippen LogP contribution is -2.15. The highest BCUT2D eigenvalue weighted by Crippen LogP contribution is 2.31. The molecule has 1 N–H and O–H groups in total. The number of thioether (sulfide) groups is 1. The van der Waals surface area contributed by atoms with Gasteiger partial charge in [-0.05, 0) is 60.9 Å². The Morgan fingerprint density at radius 1 is 1.10 bits per heavy atom. The first-order valence-electron chi connectivity index (χ1n) is 10.6. The van der Waals surface area contributed by atoms with Gasteiger partial charge < -0.3 is 14.8 Å². The summed E-state index contributed by atoms with van der Waals surface area (Å²) in [5, 5.41) is 2.97. The van der Waals surface area contributed by atoms with Crippen LogP contribution in [0.5, 0.6) is 5.75 Å². The van der Waals surface area contributed by atoms with Crippen LogP contribution in [0.3, 0.4) is 0 Å². The van der Waals surface area contributed by atoms with E-state index in [-0.39, 0.29) is 12.0 Å². The Labute approximate surface area is 186 Å². The van der Waals surface area contributed by atoms with Gasteiger partial charge in [-0.1, -0.05) is 18.2 Å². The molecular formula is C25H24N2O3S. The third kappa shape index (κ3) is 4.60. The van der Waals surface area contributed by atoms with Gasteiger partial charge in [0.25, 0.3) is 5.91 Å². The number of anilines is 1. The number of nitrogens with zero attached hydrogens (tertiary/aromatic N) is 1. The van der Waals surface area contributed by atoms with Gasteiger partial charge in [-0.2, -0.15) is 0 Å². The second kappa shape index (κ2) is 9.12. The molecule has 0 spiro atoms. The van der Waals surface area contributed by atoms with Gasteiger partial charge in [0.1, 0.15) is 11.6 Å². The minimum absolute atomic E-state index is 0.151. The van der Waals surface area contributed by atoms with Crippen LogP contribution >= 0.6 is 11.8 Å². The van der Waals surface area contributed by atoms with Crippen molar-refractivity contribution in [1.82, 2.24) is 4.98 Å². The molecule has 31 heavy (non-hydrogen) atoms.